The second-order valence-electron chi connectivity index (χ2n) is 5.43. The van der Waals surface area contributed by atoms with E-state index in [-0.39, 0.29) is 23.7 Å². The van der Waals surface area contributed by atoms with Gasteiger partial charge in [0.05, 0.1) is 22.7 Å². The van der Waals surface area contributed by atoms with Crippen molar-refractivity contribution in [2.75, 3.05) is 23.8 Å². The molecule has 0 spiro atoms. The quantitative estimate of drug-likeness (QED) is 0.607. The van der Waals surface area contributed by atoms with Gasteiger partial charge in [0.1, 0.15) is 6.07 Å². The number of nitro benzene ring substituents is 1. The van der Waals surface area contributed by atoms with Gasteiger partial charge in [0.2, 0.25) is 5.91 Å². The third-order valence-electron chi connectivity index (χ3n) is 3.57. The average molecular weight is 403 g/mol. The molecule has 2 aromatic rings. The van der Waals surface area contributed by atoms with Crippen molar-refractivity contribution in [1.82, 2.24) is 0 Å². The number of non-ortho nitro benzene ring substituents is 1. The van der Waals surface area contributed by atoms with Gasteiger partial charge in [-0.3, -0.25) is 14.9 Å². The minimum Gasteiger partial charge on any atom is -0.364 e. The van der Waals surface area contributed by atoms with Crippen LogP contribution in [0.1, 0.15) is 11.1 Å². The molecule has 0 saturated heterocycles. The number of nitrogens with one attached hydrogen (secondary N) is 1. The third kappa shape index (κ3) is 4.55. The molecule has 0 aliphatic rings. The van der Waals surface area contributed by atoms with Crippen LogP contribution in [0.15, 0.2) is 40.9 Å². The van der Waals surface area contributed by atoms with Gasteiger partial charge in [-0.25, -0.2) is 0 Å². The summed E-state index contributed by atoms with van der Waals surface area (Å²) in [7, 11) is 1.65. The van der Waals surface area contributed by atoms with Crippen LogP contribution in [0.3, 0.4) is 0 Å². The average Bonchev–Trinajstić information content (AvgIpc) is 2.56. The van der Waals surface area contributed by atoms with Gasteiger partial charge < -0.3 is 10.2 Å². The SMILES string of the molecule is Cc1cc(Br)ccc1NC(=O)CN(C)c1ccc([N+](=O)[O-])cc1C#N. The van der Waals surface area contributed by atoms with Gasteiger partial charge in [-0.1, -0.05) is 15.9 Å². The van der Waals surface area contributed by atoms with E-state index in [4.69, 9.17) is 0 Å². The molecule has 0 radical (unpaired) electrons. The van der Waals surface area contributed by atoms with Crippen LogP contribution in [0, 0.1) is 28.4 Å². The Labute approximate surface area is 153 Å². The molecular formula is C17H15BrN4O3. The summed E-state index contributed by atoms with van der Waals surface area (Å²) in [6, 6.07) is 11.4. The molecule has 25 heavy (non-hydrogen) atoms. The van der Waals surface area contributed by atoms with Crippen molar-refractivity contribution >= 4 is 38.9 Å². The Bertz CT molecular complexity index is 877. The fourth-order valence-electron chi connectivity index (χ4n) is 2.32. The summed E-state index contributed by atoms with van der Waals surface area (Å²) in [6.07, 6.45) is 0. The van der Waals surface area contributed by atoms with Gasteiger partial charge in [-0.2, -0.15) is 5.26 Å². The molecule has 1 N–H and O–H groups in total. The molecule has 8 heteroatoms. The zero-order valence-electron chi connectivity index (χ0n) is 13.6. The fourth-order valence-corrected chi connectivity index (χ4v) is 2.79. The Morgan fingerprint density at radius 2 is 2.08 bits per heavy atom. The number of carbonyl (C=O) groups is 1. The van der Waals surface area contributed by atoms with Gasteiger partial charge in [0, 0.05) is 29.3 Å². The second kappa shape index (κ2) is 7.77. The van der Waals surface area contributed by atoms with Crippen LogP contribution >= 0.6 is 15.9 Å². The highest BCUT2D eigenvalue weighted by Gasteiger charge is 2.16. The fraction of sp³-hybridized carbons (Fsp3) is 0.176. The predicted molar refractivity (Wildman–Crippen MR) is 98.6 cm³/mol. The molecule has 1 amide bonds. The van der Waals surface area contributed by atoms with Crippen molar-refractivity contribution < 1.29 is 9.72 Å². The lowest BCUT2D eigenvalue weighted by atomic mass is 10.1. The normalized spacial score (nSPS) is 10.0. The Kier molecular flexibility index (Phi) is 5.72. The van der Waals surface area contributed by atoms with E-state index in [9.17, 15) is 20.2 Å². The number of rotatable bonds is 5. The zero-order chi connectivity index (χ0) is 18.6. The number of aryl methyl sites for hydroxylation is 1. The van der Waals surface area contributed by atoms with Gasteiger partial charge in [-0.05, 0) is 36.8 Å². The van der Waals surface area contributed by atoms with Crippen molar-refractivity contribution in [2.24, 2.45) is 0 Å². The molecule has 7 nitrogen and oxygen atoms in total. The molecule has 0 bridgehead atoms. The van der Waals surface area contributed by atoms with Crippen LogP contribution in [0.5, 0.6) is 0 Å². The first-order chi connectivity index (χ1) is 11.8. The summed E-state index contributed by atoms with van der Waals surface area (Å²) in [5.41, 5.74) is 2.05. The molecule has 0 aromatic heterocycles. The zero-order valence-corrected chi connectivity index (χ0v) is 15.2. The molecule has 0 atom stereocenters. The third-order valence-corrected chi connectivity index (χ3v) is 4.06. The lowest BCUT2D eigenvalue weighted by molar-refractivity contribution is -0.384. The van der Waals surface area contributed by atoms with E-state index >= 15 is 0 Å². The molecule has 0 aliphatic carbocycles. The van der Waals surface area contributed by atoms with Crippen LogP contribution in [0.25, 0.3) is 0 Å². The van der Waals surface area contributed by atoms with Crippen molar-refractivity contribution in [3.8, 4) is 6.07 Å². The lowest BCUT2D eigenvalue weighted by Gasteiger charge is -2.20. The smallest absolute Gasteiger partial charge is 0.270 e. The predicted octanol–water partition coefficient (Wildman–Crippen LogP) is 3.61. The minimum absolute atomic E-state index is 0.00198. The summed E-state index contributed by atoms with van der Waals surface area (Å²) in [5, 5.41) is 22.8. The first kappa shape index (κ1) is 18.4. The van der Waals surface area contributed by atoms with Crippen molar-refractivity contribution in [2.45, 2.75) is 6.92 Å². The maximum absolute atomic E-state index is 12.3. The van der Waals surface area contributed by atoms with Crippen LogP contribution < -0.4 is 10.2 Å². The highest BCUT2D eigenvalue weighted by molar-refractivity contribution is 9.10. The van der Waals surface area contributed by atoms with Crippen molar-refractivity contribution in [3.63, 3.8) is 0 Å². The summed E-state index contributed by atoms with van der Waals surface area (Å²) in [5.74, 6) is -0.254. The molecule has 2 aromatic carbocycles. The van der Waals surface area contributed by atoms with E-state index in [1.54, 1.807) is 18.0 Å². The standard InChI is InChI=1S/C17H15BrN4O3/c1-11-7-13(18)3-5-15(11)20-17(23)10-21(2)16-6-4-14(22(24)25)8-12(16)9-19/h3-8H,10H2,1-2H3,(H,20,23). The van der Waals surface area contributed by atoms with E-state index in [2.05, 4.69) is 21.2 Å². The number of hydrogen-bond acceptors (Lipinski definition) is 5. The van der Waals surface area contributed by atoms with Crippen molar-refractivity contribution in [1.29, 1.82) is 5.26 Å². The minimum atomic E-state index is -0.562. The highest BCUT2D eigenvalue weighted by atomic mass is 79.9. The maximum atomic E-state index is 12.3. The number of nitriles is 1. The molecule has 0 saturated carbocycles. The largest absolute Gasteiger partial charge is 0.364 e. The first-order valence-electron chi connectivity index (χ1n) is 7.27. The highest BCUT2D eigenvalue weighted by Crippen LogP contribution is 2.24. The Hall–Kier alpha value is -2.92. The Morgan fingerprint density at radius 1 is 1.36 bits per heavy atom. The number of nitrogens with zero attached hydrogens (tertiary/aromatic N) is 3. The lowest BCUT2D eigenvalue weighted by Crippen LogP contribution is -2.30. The monoisotopic (exact) mass is 402 g/mol. The number of carbonyl (C=O) groups excluding carboxylic acids is 1. The molecule has 0 fully saturated rings. The van der Waals surface area contributed by atoms with Crippen LogP contribution in [0.4, 0.5) is 17.1 Å². The Morgan fingerprint density at radius 3 is 2.68 bits per heavy atom. The second-order valence-corrected chi connectivity index (χ2v) is 6.35. The first-order valence-corrected chi connectivity index (χ1v) is 8.07. The number of nitro groups is 1. The summed E-state index contributed by atoms with van der Waals surface area (Å²) in [6.45, 7) is 1.89. The molecule has 0 heterocycles. The topological polar surface area (TPSA) is 99.3 Å². The summed E-state index contributed by atoms with van der Waals surface area (Å²) in [4.78, 5) is 24.1. The molecule has 0 unspecified atom stereocenters. The van der Waals surface area contributed by atoms with E-state index in [0.717, 1.165) is 10.0 Å². The molecule has 2 rings (SSSR count). The Balaban J connectivity index is 2.13. The van der Waals surface area contributed by atoms with E-state index in [0.29, 0.717) is 11.4 Å². The number of hydrogen-bond donors (Lipinski definition) is 1. The van der Waals surface area contributed by atoms with Crippen LogP contribution in [0.2, 0.25) is 0 Å². The van der Waals surface area contributed by atoms with E-state index < -0.39 is 4.92 Å². The number of amides is 1. The van der Waals surface area contributed by atoms with Gasteiger partial charge >= 0.3 is 0 Å². The molecule has 128 valence electrons. The van der Waals surface area contributed by atoms with Crippen LogP contribution in [-0.2, 0) is 4.79 Å². The number of halogens is 1. The summed E-state index contributed by atoms with van der Waals surface area (Å²) < 4.78 is 0.921. The number of benzene rings is 2. The molecule has 0 aliphatic heterocycles. The van der Waals surface area contributed by atoms with E-state index in [1.807, 2.05) is 25.1 Å². The number of anilines is 2. The van der Waals surface area contributed by atoms with Crippen molar-refractivity contribution in [3.05, 3.63) is 62.1 Å². The van der Waals surface area contributed by atoms with Gasteiger partial charge in [-0.15, -0.1) is 0 Å². The number of likely N-dealkylation sites (N-methyl/N-ethyl adjacent to an activating group) is 1. The van der Waals surface area contributed by atoms with Crippen LogP contribution in [-0.4, -0.2) is 24.4 Å². The molecular weight excluding hydrogens is 388 g/mol. The maximum Gasteiger partial charge on any atom is 0.270 e. The van der Waals surface area contributed by atoms with Gasteiger partial charge in [0.25, 0.3) is 5.69 Å². The van der Waals surface area contributed by atoms with E-state index in [1.165, 1.54) is 18.2 Å². The van der Waals surface area contributed by atoms with Gasteiger partial charge in [0.15, 0.2) is 0 Å². The summed E-state index contributed by atoms with van der Waals surface area (Å²) >= 11 is 3.37.